The van der Waals surface area contributed by atoms with Gasteiger partial charge in [-0.2, -0.15) is 0 Å². The van der Waals surface area contributed by atoms with Crippen LogP contribution in [0.4, 0.5) is 0 Å². The number of hydrogen-bond donors (Lipinski definition) is 1. The molecule has 0 fully saturated rings. The lowest BCUT2D eigenvalue weighted by Gasteiger charge is -1.97. The predicted molar refractivity (Wildman–Crippen MR) is 42.4 cm³/mol. The summed E-state index contributed by atoms with van der Waals surface area (Å²) in [6.07, 6.45) is 0. The summed E-state index contributed by atoms with van der Waals surface area (Å²) in [5.74, 6) is 0.0281. The number of benzene rings is 1. The molecule has 2 nitrogen and oxygen atoms in total. The largest absolute Gasteiger partial charge is 0.392 e. The van der Waals surface area contributed by atoms with Crippen molar-refractivity contribution >= 4 is 5.78 Å². The van der Waals surface area contributed by atoms with Crippen LogP contribution < -0.4 is 0 Å². The van der Waals surface area contributed by atoms with Crippen LogP contribution in [-0.2, 0) is 6.61 Å². The molecule has 1 aromatic rings. The summed E-state index contributed by atoms with van der Waals surface area (Å²) in [6, 6.07) is 6.98. The number of rotatable bonds is 2. The van der Waals surface area contributed by atoms with Crippen LogP contribution in [0.3, 0.4) is 0 Å². The number of ketones is 1. The Labute approximate surface area is 65.5 Å². The number of carbonyl (C=O) groups excluding carboxylic acids is 1. The van der Waals surface area contributed by atoms with Gasteiger partial charge in [-0.1, -0.05) is 18.2 Å². The lowest BCUT2D eigenvalue weighted by atomic mass is 10.1. The highest BCUT2D eigenvalue weighted by Gasteiger charge is 1.98. The molecule has 1 rings (SSSR count). The Hall–Kier alpha value is -1.15. The minimum atomic E-state index is -0.0128. The fourth-order valence-corrected chi connectivity index (χ4v) is 0.889. The zero-order chi connectivity index (χ0) is 8.27. The first-order valence-electron chi connectivity index (χ1n) is 3.45. The van der Waals surface area contributed by atoms with Gasteiger partial charge in [0.1, 0.15) is 0 Å². The number of carbonyl (C=O) groups is 1. The molecule has 0 spiro atoms. The van der Waals surface area contributed by atoms with Gasteiger partial charge in [-0.3, -0.25) is 4.79 Å². The third-order valence-corrected chi connectivity index (χ3v) is 1.52. The summed E-state index contributed by atoms with van der Waals surface area (Å²) in [5.41, 5.74) is 1.43. The van der Waals surface area contributed by atoms with Gasteiger partial charge in [0.15, 0.2) is 5.78 Å². The molecule has 2 heteroatoms. The third-order valence-electron chi connectivity index (χ3n) is 1.52. The molecule has 0 aliphatic rings. The van der Waals surface area contributed by atoms with E-state index in [4.69, 9.17) is 5.11 Å². The van der Waals surface area contributed by atoms with E-state index in [0.717, 1.165) is 5.56 Å². The van der Waals surface area contributed by atoms with E-state index in [2.05, 4.69) is 0 Å². The van der Waals surface area contributed by atoms with Gasteiger partial charge in [0.25, 0.3) is 0 Å². The quantitative estimate of drug-likeness (QED) is 0.647. The number of hydrogen-bond acceptors (Lipinski definition) is 2. The van der Waals surface area contributed by atoms with Crippen molar-refractivity contribution < 1.29 is 9.90 Å². The molecule has 0 aliphatic carbocycles. The van der Waals surface area contributed by atoms with E-state index < -0.39 is 0 Å². The molecular formula is C9H10O2. The van der Waals surface area contributed by atoms with Crippen molar-refractivity contribution in [2.45, 2.75) is 13.5 Å². The van der Waals surface area contributed by atoms with Crippen LogP contribution in [0.1, 0.15) is 22.8 Å². The van der Waals surface area contributed by atoms with Crippen LogP contribution in [-0.4, -0.2) is 10.9 Å². The van der Waals surface area contributed by atoms with Gasteiger partial charge in [0.2, 0.25) is 0 Å². The molecule has 0 aromatic heterocycles. The lowest BCUT2D eigenvalue weighted by Crippen LogP contribution is -1.93. The average molecular weight is 150 g/mol. The van der Waals surface area contributed by atoms with E-state index in [1.807, 2.05) is 0 Å². The van der Waals surface area contributed by atoms with E-state index in [1.165, 1.54) is 6.92 Å². The molecule has 58 valence electrons. The highest BCUT2D eigenvalue weighted by Crippen LogP contribution is 2.05. The van der Waals surface area contributed by atoms with E-state index >= 15 is 0 Å². The van der Waals surface area contributed by atoms with E-state index in [-0.39, 0.29) is 12.4 Å². The molecule has 0 saturated carbocycles. The molecule has 0 aliphatic heterocycles. The van der Waals surface area contributed by atoms with Crippen LogP contribution in [0.2, 0.25) is 0 Å². The summed E-state index contributed by atoms with van der Waals surface area (Å²) in [7, 11) is 0. The van der Waals surface area contributed by atoms with Crippen LogP contribution >= 0.6 is 0 Å². The smallest absolute Gasteiger partial charge is 0.159 e. The minimum absolute atomic E-state index is 0.0128. The normalized spacial score (nSPS) is 9.64. The summed E-state index contributed by atoms with van der Waals surface area (Å²) in [5, 5.41) is 8.73. The molecule has 1 aromatic carbocycles. The second-order valence-electron chi connectivity index (χ2n) is 2.41. The Balaban J connectivity index is 3.01. The summed E-state index contributed by atoms with van der Waals surface area (Å²) in [4.78, 5) is 10.8. The average Bonchev–Trinajstić information content (AvgIpc) is 2.05. The fraction of sp³-hybridized carbons (Fsp3) is 0.222. The number of Topliss-reactive ketones (excluding diaryl/α,β-unsaturated/α-hetero) is 1. The Kier molecular flexibility index (Phi) is 2.39. The van der Waals surface area contributed by atoms with Crippen molar-refractivity contribution in [3.05, 3.63) is 35.4 Å². The molecular weight excluding hydrogens is 140 g/mol. The SMILES string of the molecule is CC(=O)c1cccc(CO)c1. The maximum atomic E-state index is 10.8. The van der Waals surface area contributed by atoms with E-state index in [0.29, 0.717) is 5.56 Å². The highest BCUT2D eigenvalue weighted by atomic mass is 16.3. The first-order chi connectivity index (χ1) is 5.24. The molecule has 0 saturated heterocycles. The van der Waals surface area contributed by atoms with Crippen molar-refractivity contribution in [2.75, 3.05) is 0 Å². The molecule has 0 bridgehead atoms. The molecule has 0 unspecified atom stereocenters. The Morgan fingerprint density at radius 2 is 2.27 bits per heavy atom. The van der Waals surface area contributed by atoms with Crippen LogP contribution in [0, 0.1) is 0 Å². The second kappa shape index (κ2) is 3.30. The van der Waals surface area contributed by atoms with Gasteiger partial charge in [-0.15, -0.1) is 0 Å². The van der Waals surface area contributed by atoms with Crippen molar-refractivity contribution in [1.29, 1.82) is 0 Å². The van der Waals surface area contributed by atoms with E-state index in [1.54, 1.807) is 24.3 Å². The minimum Gasteiger partial charge on any atom is -0.392 e. The molecule has 11 heavy (non-hydrogen) atoms. The predicted octanol–water partition coefficient (Wildman–Crippen LogP) is 1.38. The Morgan fingerprint density at radius 1 is 1.55 bits per heavy atom. The van der Waals surface area contributed by atoms with Gasteiger partial charge in [-0.25, -0.2) is 0 Å². The van der Waals surface area contributed by atoms with Crippen molar-refractivity contribution in [3.8, 4) is 0 Å². The van der Waals surface area contributed by atoms with Crippen molar-refractivity contribution in [1.82, 2.24) is 0 Å². The van der Waals surface area contributed by atoms with Crippen molar-refractivity contribution in [3.63, 3.8) is 0 Å². The monoisotopic (exact) mass is 150 g/mol. The molecule has 0 atom stereocenters. The molecule has 0 radical (unpaired) electrons. The molecule has 1 N–H and O–H groups in total. The summed E-state index contributed by atoms with van der Waals surface area (Å²) >= 11 is 0. The number of aliphatic hydroxyl groups is 1. The van der Waals surface area contributed by atoms with Crippen molar-refractivity contribution in [2.24, 2.45) is 0 Å². The highest BCUT2D eigenvalue weighted by molar-refractivity contribution is 5.94. The van der Waals surface area contributed by atoms with Gasteiger partial charge in [0.05, 0.1) is 6.61 Å². The van der Waals surface area contributed by atoms with Gasteiger partial charge >= 0.3 is 0 Å². The van der Waals surface area contributed by atoms with Gasteiger partial charge < -0.3 is 5.11 Å². The Morgan fingerprint density at radius 3 is 2.82 bits per heavy atom. The van der Waals surface area contributed by atoms with Gasteiger partial charge in [0, 0.05) is 5.56 Å². The van der Waals surface area contributed by atoms with Crippen LogP contribution in [0.15, 0.2) is 24.3 Å². The topological polar surface area (TPSA) is 37.3 Å². The summed E-state index contributed by atoms with van der Waals surface area (Å²) < 4.78 is 0. The molecule has 0 amide bonds. The maximum absolute atomic E-state index is 10.8. The van der Waals surface area contributed by atoms with Gasteiger partial charge in [-0.05, 0) is 18.6 Å². The molecule has 0 heterocycles. The summed E-state index contributed by atoms with van der Waals surface area (Å²) in [6.45, 7) is 1.50. The standard InChI is InChI=1S/C9H10O2/c1-7(11)9-4-2-3-8(5-9)6-10/h2-5,10H,6H2,1H3. The lowest BCUT2D eigenvalue weighted by molar-refractivity contribution is 0.101. The van der Waals surface area contributed by atoms with E-state index in [9.17, 15) is 4.79 Å². The first kappa shape index (κ1) is 7.95. The zero-order valence-corrected chi connectivity index (χ0v) is 6.37. The fourth-order valence-electron chi connectivity index (χ4n) is 0.889. The first-order valence-corrected chi connectivity index (χ1v) is 3.45. The maximum Gasteiger partial charge on any atom is 0.159 e. The Bertz CT molecular complexity index is 266. The number of aliphatic hydroxyl groups excluding tert-OH is 1. The van der Waals surface area contributed by atoms with Crippen LogP contribution in [0.5, 0.6) is 0 Å². The second-order valence-corrected chi connectivity index (χ2v) is 2.41. The third kappa shape index (κ3) is 1.88. The van der Waals surface area contributed by atoms with Crippen LogP contribution in [0.25, 0.3) is 0 Å². The zero-order valence-electron chi connectivity index (χ0n) is 6.37.